The third-order valence-electron chi connectivity index (χ3n) is 3.64. The van der Waals surface area contributed by atoms with E-state index in [2.05, 4.69) is 13.8 Å². The van der Waals surface area contributed by atoms with Crippen LogP contribution in [0.5, 0.6) is 0 Å². The first-order valence-electron chi connectivity index (χ1n) is 6.35. The molecule has 0 bridgehead atoms. The lowest BCUT2D eigenvalue weighted by atomic mass is 9.94. The first kappa shape index (κ1) is 13.2. The zero-order chi connectivity index (χ0) is 13.3. The number of carbonyl (C=O) groups excluding carboxylic acids is 1. The molecule has 18 heavy (non-hydrogen) atoms. The van der Waals surface area contributed by atoms with Crippen molar-refractivity contribution in [3.8, 4) is 0 Å². The van der Waals surface area contributed by atoms with E-state index in [0.29, 0.717) is 22.2 Å². The summed E-state index contributed by atoms with van der Waals surface area (Å²) < 4.78 is 0. The van der Waals surface area contributed by atoms with Gasteiger partial charge in [0.25, 0.3) is 5.91 Å². The van der Waals surface area contributed by atoms with E-state index in [0.717, 1.165) is 13.0 Å². The molecule has 1 aromatic carbocycles. The monoisotopic (exact) mass is 266 g/mol. The lowest BCUT2D eigenvalue weighted by Gasteiger charge is -2.37. The van der Waals surface area contributed by atoms with E-state index in [4.69, 9.17) is 17.3 Å². The zero-order valence-corrected chi connectivity index (χ0v) is 11.6. The fraction of sp³-hybridized carbons (Fsp3) is 0.500. The molecule has 1 heterocycles. The summed E-state index contributed by atoms with van der Waals surface area (Å²) in [4.78, 5) is 14.4. The van der Waals surface area contributed by atoms with Crippen molar-refractivity contribution >= 4 is 23.2 Å². The minimum absolute atomic E-state index is 0.00801. The second kappa shape index (κ2) is 5.19. The Morgan fingerprint density at radius 1 is 1.39 bits per heavy atom. The maximum Gasteiger partial charge on any atom is 0.255 e. The van der Waals surface area contributed by atoms with Crippen LogP contribution in [0, 0.1) is 5.92 Å². The Kier molecular flexibility index (Phi) is 3.81. The predicted molar refractivity (Wildman–Crippen MR) is 74.8 cm³/mol. The molecule has 0 aromatic heterocycles. The van der Waals surface area contributed by atoms with Crippen molar-refractivity contribution < 1.29 is 4.79 Å². The predicted octanol–water partition coefficient (Wildman–Crippen LogP) is 3.18. The van der Waals surface area contributed by atoms with Gasteiger partial charge in [0.2, 0.25) is 0 Å². The van der Waals surface area contributed by atoms with E-state index in [9.17, 15) is 4.79 Å². The lowest BCUT2D eigenvalue weighted by Crippen LogP contribution is -2.45. The average molecular weight is 267 g/mol. The Hall–Kier alpha value is -1.22. The van der Waals surface area contributed by atoms with Crippen molar-refractivity contribution in [1.29, 1.82) is 0 Å². The van der Waals surface area contributed by atoms with Crippen molar-refractivity contribution in [3.05, 3.63) is 28.8 Å². The Morgan fingerprint density at radius 2 is 2.11 bits per heavy atom. The van der Waals surface area contributed by atoms with Gasteiger partial charge in [0.15, 0.2) is 0 Å². The molecule has 0 saturated carbocycles. The van der Waals surface area contributed by atoms with Gasteiger partial charge in [-0.2, -0.15) is 0 Å². The molecule has 3 nitrogen and oxygen atoms in total. The highest BCUT2D eigenvalue weighted by molar-refractivity contribution is 6.36. The molecule has 2 atom stereocenters. The van der Waals surface area contributed by atoms with E-state index < -0.39 is 0 Å². The highest BCUT2D eigenvalue weighted by Crippen LogP contribution is 2.28. The maximum atomic E-state index is 12.5. The number of nitrogens with two attached hydrogens (primary N) is 1. The molecule has 1 amide bonds. The highest BCUT2D eigenvalue weighted by atomic mass is 35.5. The summed E-state index contributed by atoms with van der Waals surface area (Å²) in [5, 5.41) is 0.368. The molecule has 4 heteroatoms. The molecule has 2 unspecified atom stereocenters. The van der Waals surface area contributed by atoms with Crippen molar-refractivity contribution in [2.45, 2.75) is 32.7 Å². The van der Waals surface area contributed by atoms with Crippen molar-refractivity contribution in [3.63, 3.8) is 0 Å². The molecular formula is C14H19ClN2O. The number of hydrogen-bond donors (Lipinski definition) is 1. The highest BCUT2D eigenvalue weighted by Gasteiger charge is 2.28. The van der Waals surface area contributed by atoms with Gasteiger partial charge < -0.3 is 10.6 Å². The smallest absolute Gasteiger partial charge is 0.255 e. The molecule has 1 saturated heterocycles. The Morgan fingerprint density at radius 3 is 2.83 bits per heavy atom. The van der Waals surface area contributed by atoms with Gasteiger partial charge in [-0.3, -0.25) is 4.79 Å². The van der Waals surface area contributed by atoms with Crippen LogP contribution in [0.1, 0.15) is 37.0 Å². The van der Waals surface area contributed by atoms with E-state index in [-0.39, 0.29) is 11.9 Å². The fourth-order valence-electron chi connectivity index (χ4n) is 2.44. The molecule has 0 aliphatic carbocycles. The zero-order valence-electron chi connectivity index (χ0n) is 10.8. The van der Waals surface area contributed by atoms with Crippen LogP contribution in [0.2, 0.25) is 5.02 Å². The molecule has 1 fully saturated rings. The van der Waals surface area contributed by atoms with Gasteiger partial charge in [-0.25, -0.2) is 0 Å². The topological polar surface area (TPSA) is 46.3 Å². The molecular weight excluding hydrogens is 248 g/mol. The fourth-order valence-corrected chi connectivity index (χ4v) is 2.65. The second-order valence-corrected chi connectivity index (χ2v) is 5.58. The summed E-state index contributed by atoms with van der Waals surface area (Å²) in [6.45, 7) is 5.06. The van der Waals surface area contributed by atoms with Crippen LogP contribution in [-0.4, -0.2) is 23.4 Å². The van der Waals surface area contributed by atoms with Crippen LogP contribution in [0.15, 0.2) is 18.2 Å². The summed E-state index contributed by atoms with van der Waals surface area (Å²) in [5.74, 6) is 0.538. The number of nitrogen functional groups attached to an aromatic ring is 1. The quantitative estimate of drug-likeness (QED) is 0.794. The van der Waals surface area contributed by atoms with Crippen LogP contribution in [0.3, 0.4) is 0 Å². The number of likely N-dealkylation sites (tertiary alicyclic amines) is 1. The number of rotatable bonds is 1. The Balaban J connectivity index is 2.27. The van der Waals surface area contributed by atoms with E-state index in [1.807, 2.05) is 4.90 Å². The summed E-state index contributed by atoms with van der Waals surface area (Å²) in [5.41, 5.74) is 6.72. The van der Waals surface area contributed by atoms with E-state index in [1.54, 1.807) is 18.2 Å². The van der Waals surface area contributed by atoms with Gasteiger partial charge in [-0.15, -0.1) is 0 Å². The average Bonchev–Trinajstić information content (AvgIpc) is 2.35. The molecule has 0 radical (unpaired) electrons. The molecule has 1 aliphatic heterocycles. The number of piperidine rings is 1. The molecule has 0 spiro atoms. The number of hydrogen-bond acceptors (Lipinski definition) is 2. The minimum atomic E-state index is -0.00801. The van der Waals surface area contributed by atoms with Crippen LogP contribution in [0.4, 0.5) is 5.69 Å². The summed E-state index contributed by atoms with van der Waals surface area (Å²) >= 11 is 6.12. The largest absolute Gasteiger partial charge is 0.398 e. The van der Waals surface area contributed by atoms with Gasteiger partial charge in [0, 0.05) is 12.6 Å². The van der Waals surface area contributed by atoms with Crippen LogP contribution in [-0.2, 0) is 0 Å². The number of anilines is 1. The number of amides is 1. The van der Waals surface area contributed by atoms with Gasteiger partial charge in [-0.05, 0) is 37.8 Å². The number of nitrogens with zero attached hydrogens (tertiary/aromatic N) is 1. The molecule has 1 aromatic rings. The van der Waals surface area contributed by atoms with E-state index >= 15 is 0 Å². The third-order valence-corrected chi connectivity index (χ3v) is 4.06. The first-order chi connectivity index (χ1) is 8.50. The normalized spacial score (nSPS) is 24.1. The van der Waals surface area contributed by atoms with Crippen LogP contribution in [0.25, 0.3) is 0 Å². The lowest BCUT2D eigenvalue weighted by molar-refractivity contribution is 0.0574. The minimum Gasteiger partial charge on any atom is -0.398 e. The summed E-state index contributed by atoms with van der Waals surface area (Å²) in [7, 11) is 0. The van der Waals surface area contributed by atoms with Crippen LogP contribution >= 0.6 is 11.6 Å². The molecule has 2 rings (SSSR count). The standard InChI is InChI=1S/C14H19ClN2O/c1-9-6-7-10(2)17(8-9)14(18)11-4-3-5-12(16)13(11)15/h3-5,9-10H,6-8,16H2,1-2H3. The first-order valence-corrected chi connectivity index (χ1v) is 6.73. The second-order valence-electron chi connectivity index (χ2n) is 5.20. The van der Waals surface area contributed by atoms with Gasteiger partial charge in [0.05, 0.1) is 16.3 Å². The van der Waals surface area contributed by atoms with Gasteiger partial charge >= 0.3 is 0 Å². The van der Waals surface area contributed by atoms with E-state index in [1.165, 1.54) is 6.42 Å². The number of halogens is 1. The van der Waals surface area contributed by atoms with Gasteiger partial charge in [-0.1, -0.05) is 24.6 Å². The molecule has 98 valence electrons. The molecule has 1 aliphatic rings. The number of carbonyl (C=O) groups is 1. The van der Waals surface area contributed by atoms with Crippen molar-refractivity contribution in [2.24, 2.45) is 5.92 Å². The Bertz CT molecular complexity index is 461. The van der Waals surface area contributed by atoms with Crippen LogP contribution < -0.4 is 5.73 Å². The van der Waals surface area contributed by atoms with Crippen molar-refractivity contribution in [1.82, 2.24) is 4.90 Å². The maximum absolute atomic E-state index is 12.5. The SMILES string of the molecule is CC1CCC(C)N(C(=O)c2cccc(N)c2Cl)C1. The third kappa shape index (κ3) is 2.46. The summed E-state index contributed by atoms with van der Waals surface area (Å²) in [6, 6.07) is 5.49. The van der Waals surface area contributed by atoms with Crippen molar-refractivity contribution in [2.75, 3.05) is 12.3 Å². The van der Waals surface area contributed by atoms with Gasteiger partial charge in [0.1, 0.15) is 0 Å². The molecule has 2 N–H and O–H groups in total. The number of benzene rings is 1. The summed E-state index contributed by atoms with van der Waals surface area (Å²) in [6.07, 6.45) is 2.22. The Labute approximate surface area is 113 Å².